The third-order valence-electron chi connectivity index (χ3n) is 4.30. The average Bonchev–Trinajstić information content (AvgIpc) is 2.82. The predicted octanol–water partition coefficient (Wildman–Crippen LogP) is 4.90. The number of benzene rings is 1. The maximum absolute atomic E-state index is 6.06. The molecule has 1 heterocycles. The molecule has 0 amide bonds. The van der Waals surface area contributed by atoms with Crippen molar-refractivity contribution >= 4 is 28.9 Å². The molecule has 0 bridgehead atoms. The largest absolute Gasteiger partial charge is 0.382 e. The van der Waals surface area contributed by atoms with Crippen LogP contribution in [0.3, 0.4) is 0 Å². The number of hydrogen-bond donors (Lipinski definition) is 1. The Bertz CT molecular complexity index is 457. The fraction of sp³-hybridized carbons (Fsp3) is 0.600. The summed E-state index contributed by atoms with van der Waals surface area (Å²) in [5, 5.41) is 4.79. The summed E-state index contributed by atoms with van der Waals surface area (Å²) in [7, 11) is 0. The minimum atomic E-state index is 0.145. The van der Waals surface area contributed by atoms with E-state index in [0.717, 1.165) is 25.1 Å². The van der Waals surface area contributed by atoms with Gasteiger partial charge in [-0.25, -0.2) is 0 Å². The first-order chi connectivity index (χ1) is 9.17. The van der Waals surface area contributed by atoms with Crippen molar-refractivity contribution in [2.75, 3.05) is 11.9 Å². The van der Waals surface area contributed by atoms with Gasteiger partial charge in [0.2, 0.25) is 0 Å². The number of nitrogens with one attached hydrogen (secondary N) is 1. The molecule has 2 fully saturated rings. The quantitative estimate of drug-likeness (QED) is 0.839. The van der Waals surface area contributed by atoms with Gasteiger partial charge in [0.15, 0.2) is 0 Å². The maximum Gasteiger partial charge on any atom is 0.0702 e. The van der Waals surface area contributed by atoms with Crippen molar-refractivity contribution in [3.8, 4) is 0 Å². The van der Waals surface area contributed by atoms with Crippen LogP contribution < -0.4 is 5.32 Å². The van der Waals surface area contributed by atoms with Crippen LogP contribution in [0.1, 0.15) is 38.5 Å². The van der Waals surface area contributed by atoms with E-state index in [0.29, 0.717) is 16.1 Å². The molecule has 1 aliphatic carbocycles. The van der Waals surface area contributed by atoms with E-state index < -0.39 is 0 Å². The molecule has 4 heteroatoms. The molecule has 1 atom stereocenters. The smallest absolute Gasteiger partial charge is 0.0702 e. The molecule has 0 aromatic heterocycles. The normalized spacial score (nSPS) is 25.7. The summed E-state index contributed by atoms with van der Waals surface area (Å²) in [4.78, 5) is 0. The molecule has 2 aliphatic rings. The Labute approximate surface area is 124 Å². The van der Waals surface area contributed by atoms with Crippen LogP contribution in [0.4, 0.5) is 5.69 Å². The van der Waals surface area contributed by atoms with E-state index in [9.17, 15) is 0 Å². The summed E-state index contributed by atoms with van der Waals surface area (Å²) in [5.41, 5.74) is 1.20. The Balaban J connectivity index is 1.67. The molecule has 1 aromatic carbocycles. The van der Waals surface area contributed by atoms with Crippen LogP contribution in [0.15, 0.2) is 18.2 Å². The summed E-state index contributed by atoms with van der Waals surface area (Å²) in [6, 6.07) is 6.21. The van der Waals surface area contributed by atoms with Crippen LogP contribution in [-0.2, 0) is 4.74 Å². The zero-order valence-corrected chi connectivity index (χ0v) is 12.4. The molecule has 1 N–H and O–H groups in total. The molecule has 1 saturated heterocycles. The minimum Gasteiger partial charge on any atom is -0.382 e. The highest BCUT2D eigenvalue weighted by Gasteiger charge is 2.39. The van der Waals surface area contributed by atoms with Gasteiger partial charge in [0.05, 0.1) is 15.6 Å². The molecule has 104 valence electrons. The van der Waals surface area contributed by atoms with Crippen molar-refractivity contribution in [1.82, 2.24) is 0 Å². The van der Waals surface area contributed by atoms with E-state index in [1.165, 1.54) is 25.7 Å². The highest BCUT2D eigenvalue weighted by Crippen LogP contribution is 2.40. The topological polar surface area (TPSA) is 21.3 Å². The van der Waals surface area contributed by atoms with Crippen LogP contribution >= 0.6 is 23.2 Å². The van der Waals surface area contributed by atoms with E-state index in [1.807, 2.05) is 18.2 Å². The molecule has 0 radical (unpaired) electrons. The van der Waals surface area contributed by atoms with Crippen LogP contribution in [0, 0.1) is 0 Å². The number of anilines is 1. The van der Waals surface area contributed by atoms with Crippen molar-refractivity contribution in [2.45, 2.75) is 50.2 Å². The van der Waals surface area contributed by atoms with Gasteiger partial charge < -0.3 is 10.1 Å². The Kier molecular flexibility index (Phi) is 3.93. The average molecular weight is 300 g/mol. The van der Waals surface area contributed by atoms with Crippen LogP contribution in [0.5, 0.6) is 0 Å². The molecular weight excluding hydrogens is 281 g/mol. The third kappa shape index (κ3) is 3.01. The number of halogens is 2. The summed E-state index contributed by atoms with van der Waals surface area (Å²) in [6.45, 7) is 0.860. The molecule has 1 aromatic rings. The number of hydrogen-bond acceptors (Lipinski definition) is 2. The first-order valence-electron chi connectivity index (χ1n) is 7.02. The molecule has 1 saturated carbocycles. The molecule has 1 spiro atoms. The van der Waals surface area contributed by atoms with Crippen molar-refractivity contribution in [3.63, 3.8) is 0 Å². The second kappa shape index (κ2) is 5.51. The first kappa shape index (κ1) is 13.5. The Morgan fingerprint density at radius 2 is 1.95 bits per heavy atom. The maximum atomic E-state index is 6.06. The molecule has 2 nitrogen and oxygen atoms in total. The number of ether oxygens (including phenoxy) is 1. The fourth-order valence-electron chi connectivity index (χ4n) is 3.34. The number of rotatable bonds is 2. The standard InChI is InChI=1S/C15H19Cl2NO/c16-13-4-3-11(9-14(13)17)18-12-5-8-19-15(10-12)6-1-2-7-15/h3-4,9,12,18H,1-2,5-8,10H2. The monoisotopic (exact) mass is 299 g/mol. The summed E-state index contributed by atoms with van der Waals surface area (Å²) < 4.78 is 6.05. The fourth-order valence-corrected chi connectivity index (χ4v) is 3.64. The Hall–Kier alpha value is -0.440. The van der Waals surface area contributed by atoms with E-state index in [4.69, 9.17) is 27.9 Å². The molecule has 1 aliphatic heterocycles. The van der Waals surface area contributed by atoms with Gasteiger partial charge in [0, 0.05) is 18.3 Å². The van der Waals surface area contributed by atoms with Gasteiger partial charge in [-0.2, -0.15) is 0 Å². The zero-order valence-electron chi connectivity index (χ0n) is 10.9. The van der Waals surface area contributed by atoms with Crippen LogP contribution in [-0.4, -0.2) is 18.2 Å². The lowest BCUT2D eigenvalue weighted by atomic mass is 9.89. The molecular formula is C15H19Cl2NO. The van der Waals surface area contributed by atoms with Gasteiger partial charge in [-0.05, 0) is 43.9 Å². The Morgan fingerprint density at radius 1 is 1.16 bits per heavy atom. The molecule has 3 rings (SSSR count). The van der Waals surface area contributed by atoms with E-state index >= 15 is 0 Å². The molecule has 19 heavy (non-hydrogen) atoms. The second-order valence-electron chi connectivity index (χ2n) is 5.70. The summed E-state index contributed by atoms with van der Waals surface area (Å²) in [6.07, 6.45) is 7.20. The third-order valence-corrected chi connectivity index (χ3v) is 5.04. The van der Waals surface area contributed by atoms with Crippen molar-refractivity contribution in [1.29, 1.82) is 0 Å². The van der Waals surface area contributed by atoms with Crippen molar-refractivity contribution < 1.29 is 4.74 Å². The van der Waals surface area contributed by atoms with Crippen LogP contribution in [0.25, 0.3) is 0 Å². The zero-order chi connectivity index (χ0) is 13.3. The van der Waals surface area contributed by atoms with Gasteiger partial charge in [0.1, 0.15) is 0 Å². The van der Waals surface area contributed by atoms with Crippen molar-refractivity contribution in [3.05, 3.63) is 28.2 Å². The van der Waals surface area contributed by atoms with E-state index in [2.05, 4.69) is 5.32 Å². The lowest BCUT2D eigenvalue weighted by molar-refractivity contribution is -0.0767. The SMILES string of the molecule is Clc1ccc(NC2CCOC3(CCCC3)C2)cc1Cl. The lowest BCUT2D eigenvalue weighted by Crippen LogP contribution is -2.42. The Morgan fingerprint density at radius 3 is 2.68 bits per heavy atom. The van der Waals surface area contributed by atoms with Crippen molar-refractivity contribution in [2.24, 2.45) is 0 Å². The highest BCUT2D eigenvalue weighted by molar-refractivity contribution is 6.42. The van der Waals surface area contributed by atoms with Gasteiger partial charge in [-0.15, -0.1) is 0 Å². The first-order valence-corrected chi connectivity index (χ1v) is 7.78. The molecule has 1 unspecified atom stereocenters. The summed E-state index contributed by atoms with van der Waals surface area (Å²) >= 11 is 12.0. The van der Waals surface area contributed by atoms with E-state index in [-0.39, 0.29) is 5.60 Å². The second-order valence-corrected chi connectivity index (χ2v) is 6.52. The lowest BCUT2D eigenvalue weighted by Gasteiger charge is -2.39. The van der Waals surface area contributed by atoms with Gasteiger partial charge >= 0.3 is 0 Å². The minimum absolute atomic E-state index is 0.145. The van der Waals surface area contributed by atoms with Gasteiger partial charge in [-0.1, -0.05) is 36.0 Å². The van der Waals surface area contributed by atoms with E-state index in [1.54, 1.807) is 0 Å². The van der Waals surface area contributed by atoms with Gasteiger partial charge in [0.25, 0.3) is 0 Å². The van der Waals surface area contributed by atoms with Crippen LogP contribution in [0.2, 0.25) is 10.0 Å². The predicted molar refractivity (Wildman–Crippen MR) is 80.3 cm³/mol. The van der Waals surface area contributed by atoms with Gasteiger partial charge in [-0.3, -0.25) is 0 Å². The highest BCUT2D eigenvalue weighted by atomic mass is 35.5. The summed E-state index contributed by atoms with van der Waals surface area (Å²) in [5.74, 6) is 0.